The van der Waals surface area contributed by atoms with Gasteiger partial charge in [-0.1, -0.05) is 24.3 Å². The Kier molecular flexibility index (Phi) is 5.75. The van der Waals surface area contributed by atoms with E-state index < -0.39 is 24.5 Å². The maximum atomic E-state index is 12.4. The van der Waals surface area contributed by atoms with Gasteiger partial charge in [-0.05, 0) is 37.8 Å². The minimum absolute atomic E-state index is 0.131. The van der Waals surface area contributed by atoms with Gasteiger partial charge >= 0.3 is 12.1 Å². The molecule has 2 aliphatic rings. The van der Waals surface area contributed by atoms with Crippen LogP contribution < -0.4 is 16.0 Å². The van der Waals surface area contributed by atoms with Gasteiger partial charge in [0.05, 0.1) is 6.10 Å². The second-order valence-corrected chi connectivity index (χ2v) is 6.78. The van der Waals surface area contributed by atoms with E-state index in [2.05, 4.69) is 16.0 Å². The summed E-state index contributed by atoms with van der Waals surface area (Å²) in [4.78, 5) is 26.1. The summed E-state index contributed by atoms with van der Waals surface area (Å²) >= 11 is 0. The first-order valence-corrected chi connectivity index (χ1v) is 8.97. The molecule has 142 valence electrons. The Morgan fingerprint density at radius 2 is 1.77 bits per heavy atom. The Morgan fingerprint density at radius 3 is 2.38 bits per heavy atom. The average molecular weight is 362 g/mol. The van der Waals surface area contributed by atoms with E-state index in [0.717, 1.165) is 11.1 Å². The van der Waals surface area contributed by atoms with Crippen molar-refractivity contribution in [2.75, 3.05) is 13.2 Å². The summed E-state index contributed by atoms with van der Waals surface area (Å²) in [7, 11) is 0. The van der Waals surface area contributed by atoms with Gasteiger partial charge in [0.1, 0.15) is 0 Å². The number of carbonyl (C=O) groups is 2. The highest BCUT2D eigenvalue weighted by atomic mass is 16.5. The first kappa shape index (κ1) is 18.6. The number of ether oxygens (including phenoxy) is 1. The summed E-state index contributed by atoms with van der Waals surface area (Å²) in [5, 5.41) is 18.5. The predicted molar refractivity (Wildman–Crippen MR) is 95.2 cm³/mol. The van der Waals surface area contributed by atoms with Crippen LogP contribution in [0.1, 0.15) is 50.0 Å². The fourth-order valence-electron chi connectivity index (χ4n) is 3.31. The molecular formula is C18H26N4O4. The van der Waals surface area contributed by atoms with Crippen LogP contribution in [0, 0.1) is 0 Å². The molecule has 8 nitrogen and oxygen atoms in total. The number of nitrogens with zero attached hydrogens (tertiary/aromatic N) is 1. The topological polar surface area (TPSA) is 103 Å². The van der Waals surface area contributed by atoms with Gasteiger partial charge < -0.3 is 20.5 Å². The van der Waals surface area contributed by atoms with E-state index >= 15 is 0 Å². The van der Waals surface area contributed by atoms with E-state index in [1.807, 2.05) is 31.2 Å². The average Bonchev–Trinajstić information content (AvgIpc) is 2.62. The zero-order valence-corrected chi connectivity index (χ0v) is 15.1. The van der Waals surface area contributed by atoms with Crippen molar-refractivity contribution in [3.63, 3.8) is 0 Å². The number of rotatable bonds is 5. The van der Waals surface area contributed by atoms with E-state index in [9.17, 15) is 14.7 Å². The SMILES string of the molecule is C[C@H](O)c1cccc([C@H](C)NC2NC(=O)N(C3CCOCC3)C(=O)N2)c1. The lowest BCUT2D eigenvalue weighted by Crippen LogP contribution is -2.70. The van der Waals surface area contributed by atoms with Crippen LogP contribution in [0.4, 0.5) is 9.59 Å². The van der Waals surface area contributed by atoms with Gasteiger partial charge in [0.15, 0.2) is 6.29 Å². The Balaban J connectivity index is 1.62. The van der Waals surface area contributed by atoms with E-state index in [4.69, 9.17) is 4.74 Å². The third-order valence-corrected chi connectivity index (χ3v) is 4.84. The van der Waals surface area contributed by atoms with Gasteiger partial charge in [-0.2, -0.15) is 0 Å². The molecule has 2 saturated heterocycles. The van der Waals surface area contributed by atoms with Gasteiger partial charge in [-0.3, -0.25) is 5.32 Å². The summed E-state index contributed by atoms with van der Waals surface area (Å²) < 4.78 is 5.29. The zero-order chi connectivity index (χ0) is 18.7. The molecule has 26 heavy (non-hydrogen) atoms. The van der Waals surface area contributed by atoms with Crippen LogP contribution in [0.2, 0.25) is 0 Å². The van der Waals surface area contributed by atoms with Crippen molar-refractivity contribution in [2.45, 2.75) is 51.2 Å². The molecule has 0 saturated carbocycles. The molecule has 2 heterocycles. The van der Waals surface area contributed by atoms with Crippen molar-refractivity contribution in [1.29, 1.82) is 0 Å². The maximum Gasteiger partial charge on any atom is 0.328 e. The van der Waals surface area contributed by atoms with Crippen LogP contribution in [-0.2, 0) is 4.74 Å². The number of aliphatic hydroxyl groups excluding tert-OH is 1. The lowest BCUT2D eigenvalue weighted by molar-refractivity contribution is 0.0492. The van der Waals surface area contributed by atoms with Gasteiger partial charge in [-0.15, -0.1) is 0 Å². The first-order chi connectivity index (χ1) is 12.5. The lowest BCUT2D eigenvalue weighted by atomic mass is 10.0. The van der Waals surface area contributed by atoms with Gasteiger partial charge in [0, 0.05) is 25.3 Å². The number of imide groups is 1. The van der Waals surface area contributed by atoms with Crippen molar-refractivity contribution in [3.8, 4) is 0 Å². The van der Waals surface area contributed by atoms with Crippen LogP contribution in [0.25, 0.3) is 0 Å². The van der Waals surface area contributed by atoms with Crippen LogP contribution in [0.3, 0.4) is 0 Å². The molecule has 2 aliphatic heterocycles. The van der Waals surface area contributed by atoms with E-state index in [0.29, 0.717) is 26.1 Å². The number of amides is 4. The fourth-order valence-corrected chi connectivity index (χ4v) is 3.31. The maximum absolute atomic E-state index is 12.4. The van der Waals surface area contributed by atoms with Crippen molar-refractivity contribution < 1.29 is 19.4 Å². The van der Waals surface area contributed by atoms with Gasteiger partial charge in [0.2, 0.25) is 0 Å². The van der Waals surface area contributed by atoms with Crippen LogP contribution in [-0.4, -0.2) is 47.6 Å². The molecule has 0 aliphatic carbocycles. The highest BCUT2D eigenvalue weighted by Crippen LogP contribution is 2.20. The van der Waals surface area contributed by atoms with Crippen LogP contribution in [0.15, 0.2) is 24.3 Å². The highest BCUT2D eigenvalue weighted by Gasteiger charge is 2.37. The molecule has 0 spiro atoms. The number of aliphatic hydroxyl groups is 1. The number of hydrogen-bond acceptors (Lipinski definition) is 5. The molecule has 0 unspecified atom stereocenters. The minimum Gasteiger partial charge on any atom is -0.389 e. The van der Waals surface area contributed by atoms with E-state index in [1.54, 1.807) is 6.92 Å². The molecule has 4 amide bonds. The Bertz CT molecular complexity index is 642. The standard InChI is InChI=1S/C18H26N4O4/c1-11(13-4-3-5-14(10-13)12(2)23)19-16-20-17(24)22(18(25)21-16)15-6-8-26-9-7-15/h3-5,10-12,15-16,19,23H,6-9H2,1-2H3,(H,20,24)(H,21,25)/t11-,12-/m0/s1. The second kappa shape index (κ2) is 8.03. The molecule has 3 rings (SSSR count). The van der Waals surface area contributed by atoms with Crippen molar-refractivity contribution in [1.82, 2.24) is 20.9 Å². The molecule has 2 fully saturated rings. The second-order valence-electron chi connectivity index (χ2n) is 6.78. The fraction of sp³-hybridized carbons (Fsp3) is 0.556. The summed E-state index contributed by atoms with van der Waals surface area (Å²) in [6.45, 7) is 4.76. The summed E-state index contributed by atoms with van der Waals surface area (Å²) in [5.41, 5.74) is 1.78. The van der Waals surface area contributed by atoms with Crippen molar-refractivity contribution in [3.05, 3.63) is 35.4 Å². The predicted octanol–water partition coefficient (Wildman–Crippen LogP) is 1.59. The molecule has 0 aromatic heterocycles. The summed E-state index contributed by atoms with van der Waals surface area (Å²) in [5.74, 6) is 0. The molecule has 1 aromatic rings. The monoisotopic (exact) mass is 362 g/mol. The molecule has 2 atom stereocenters. The summed E-state index contributed by atoms with van der Waals surface area (Å²) in [6, 6.07) is 6.51. The smallest absolute Gasteiger partial charge is 0.328 e. The lowest BCUT2D eigenvalue weighted by Gasteiger charge is -2.39. The number of hydrogen-bond donors (Lipinski definition) is 4. The minimum atomic E-state index is -0.656. The van der Waals surface area contributed by atoms with Gasteiger partial charge in [0.25, 0.3) is 0 Å². The summed E-state index contributed by atoms with van der Waals surface area (Å²) in [6.07, 6.45) is 0.101. The molecule has 0 bridgehead atoms. The number of benzene rings is 1. The Hall–Kier alpha value is -2.16. The third-order valence-electron chi connectivity index (χ3n) is 4.84. The molecule has 0 radical (unpaired) electrons. The zero-order valence-electron chi connectivity index (χ0n) is 15.1. The third kappa shape index (κ3) is 4.14. The van der Waals surface area contributed by atoms with E-state index in [-0.39, 0.29) is 12.1 Å². The van der Waals surface area contributed by atoms with Crippen LogP contribution in [0.5, 0.6) is 0 Å². The Morgan fingerprint density at radius 1 is 1.15 bits per heavy atom. The largest absolute Gasteiger partial charge is 0.389 e. The molecule has 8 heteroatoms. The molecule has 4 N–H and O–H groups in total. The first-order valence-electron chi connectivity index (χ1n) is 8.97. The molecular weight excluding hydrogens is 336 g/mol. The number of nitrogens with one attached hydrogen (secondary N) is 3. The van der Waals surface area contributed by atoms with Crippen molar-refractivity contribution >= 4 is 12.1 Å². The quantitative estimate of drug-likeness (QED) is 0.637. The van der Waals surface area contributed by atoms with Crippen LogP contribution >= 0.6 is 0 Å². The number of urea groups is 2. The number of carbonyl (C=O) groups excluding carboxylic acids is 2. The highest BCUT2D eigenvalue weighted by molar-refractivity contribution is 5.96. The van der Waals surface area contributed by atoms with E-state index in [1.165, 1.54) is 4.90 Å². The normalized spacial score (nSPS) is 21.9. The van der Waals surface area contributed by atoms with Crippen molar-refractivity contribution in [2.24, 2.45) is 0 Å². The molecule has 1 aromatic carbocycles. The Labute approximate surface area is 152 Å². The van der Waals surface area contributed by atoms with Gasteiger partial charge in [-0.25, -0.2) is 14.5 Å².